The summed E-state index contributed by atoms with van der Waals surface area (Å²) in [5.41, 5.74) is 2.07. The molecule has 3 rings (SSSR count). The Kier molecular flexibility index (Phi) is 9.23. The lowest BCUT2D eigenvalue weighted by atomic mass is 10.0. The van der Waals surface area contributed by atoms with Crippen LogP contribution >= 0.6 is 11.6 Å². The highest BCUT2D eigenvalue weighted by Crippen LogP contribution is 2.19. The van der Waals surface area contributed by atoms with Gasteiger partial charge in [-0.2, -0.15) is 0 Å². The van der Waals surface area contributed by atoms with Crippen molar-refractivity contribution in [1.29, 1.82) is 0 Å². The molecule has 0 spiro atoms. The van der Waals surface area contributed by atoms with Crippen LogP contribution in [-0.2, 0) is 29.0 Å². The molecule has 3 aromatic rings. The van der Waals surface area contributed by atoms with Gasteiger partial charge in [-0.1, -0.05) is 79.2 Å². The molecule has 2 amide bonds. The SMILES string of the molecule is CC[C@H](C)NC(=O)[C@H](Cc1ccccc1)N(Cc1ccc(Cl)cc1)C(=O)Cc1ccccc1F. The zero-order valence-electron chi connectivity index (χ0n) is 19.5. The van der Waals surface area contributed by atoms with E-state index in [1.165, 1.54) is 6.07 Å². The Morgan fingerprint density at radius 3 is 2.24 bits per heavy atom. The van der Waals surface area contributed by atoms with E-state index in [0.29, 0.717) is 17.0 Å². The van der Waals surface area contributed by atoms with Crippen LogP contribution in [0.4, 0.5) is 4.39 Å². The minimum atomic E-state index is -0.758. The highest BCUT2D eigenvalue weighted by Gasteiger charge is 2.31. The maximum absolute atomic E-state index is 14.3. The predicted molar refractivity (Wildman–Crippen MR) is 134 cm³/mol. The first-order valence-electron chi connectivity index (χ1n) is 11.5. The molecular weight excluding hydrogens is 451 g/mol. The summed E-state index contributed by atoms with van der Waals surface area (Å²) >= 11 is 6.04. The standard InChI is InChI=1S/C28H30ClFN2O2/c1-3-20(2)31-28(34)26(17-21-9-5-4-6-10-21)32(19-22-13-15-24(29)16-14-22)27(33)18-23-11-7-8-12-25(23)30/h4-16,20,26H,3,17-19H2,1-2H3,(H,31,34)/t20-,26-/m0/s1. The Balaban J connectivity index is 1.97. The summed E-state index contributed by atoms with van der Waals surface area (Å²) in [6.07, 6.45) is 0.978. The Morgan fingerprint density at radius 2 is 1.59 bits per heavy atom. The normalized spacial score (nSPS) is 12.6. The molecule has 0 unspecified atom stereocenters. The third kappa shape index (κ3) is 7.16. The van der Waals surface area contributed by atoms with Crippen molar-refractivity contribution in [2.75, 3.05) is 0 Å². The van der Waals surface area contributed by atoms with Gasteiger partial charge in [0.1, 0.15) is 11.9 Å². The lowest BCUT2D eigenvalue weighted by Crippen LogP contribution is -2.52. The van der Waals surface area contributed by atoms with Gasteiger partial charge in [-0.25, -0.2) is 4.39 Å². The van der Waals surface area contributed by atoms with E-state index < -0.39 is 11.9 Å². The minimum absolute atomic E-state index is 0.0372. The lowest BCUT2D eigenvalue weighted by molar-refractivity contribution is -0.141. The van der Waals surface area contributed by atoms with Crippen molar-refractivity contribution < 1.29 is 14.0 Å². The molecule has 0 bridgehead atoms. The van der Waals surface area contributed by atoms with Crippen molar-refractivity contribution in [1.82, 2.24) is 10.2 Å². The van der Waals surface area contributed by atoms with Gasteiger partial charge in [-0.05, 0) is 48.2 Å². The van der Waals surface area contributed by atoms with Gasteiger partial charge in [0.25, 0.3) is 0 Å². The van der Waals surface area contributed by atoms with Gasteiger partial charge in [-0.3, -0.25) is 9.59 Å². The van der Waals surface area contributed by atoms with E-state index in [0.717, 1.165) is 17.5 Å². The predicted octanol–water partition coefficient (Wildman–Crippen LogP) is 5.58. The van der Waals surface area contributed by atoms with Crippen molar-refractivity contribution in [2.24, 2.45) is 0 Å². The fraction of sp³-hybridized carbons (Fsp3) is 0.286. The van der Waals surface area contributed by atoms with Gasteiger partial charge in [0.2, 0.25) is 11.8 Å². The molecule has 178 valence electrons. The summed E-state index contributed by atoms with van der Waals surface area (Å²) in [5.74, 6) is -0.986. The molecule has 0 radical (unpaired) electrons. The molecule has 1 N–H and O–H groups in total. The monoisotopic (exact) mass is 480 g/mol. The van der Waals surface area contributed by atoms with Gasteiger partial charge >= 0.3 is 0 Å². The molecule has 0 heterocycles. The molecule has 3 aromatic carbocycles. The van der Waals surface area contributed by atoms with Crippen molar-refractivity contribution >= 4 is 23.4 Å². The van der Waals surface area contributed by atoms with Crippen LogP contribution in [-0.4, -0.2) is 28.8 Å². The maximum atomic E-state index is 14.3. The second-order valence-electron chi connectivity index (χ2n) is 8.44. The number of rotatable bonds is 10. The number of carbonyl (C=O) groups excluding carboxylic acids is 2. The van der Waals surface area contributed by atoms with Crippen molar-refractivity contribution in [3.63, 3.8) is 0 Å². The highest BCUT2D eigenvalue weighted by molar-refractivity contribution is 6.30. The molecule has 0 aliphatic rings. The molecule has 0 aliphatic heterocycles. The van der Waals surface area contributed by atoms with Crippen molar-refractivity contribution in [3.05, 3.63) is 106 Å². The zero-order chi connectivity index (χ0) is 24.5. The van der Waals surface area contributed by atoms with Crippen molar-refractivity contribution in [3.8, 4) is 0 Å². The largest absolute Gasteiger partial charge is 0.352 e. The number of amides is 2. The third-order valence-electron chi connectivity index (χ3n) is 5.84. The molecule has 0 fully saturated rings. The molecule has 0 saturated carbocycles. The number of carbonyl (C=O) groups is 2. The third-order valence-corrected chi connectivity index (χ3v) is 6.09. The van der Waals surface area contributed by atoms with E-state index >= 15 is 0 Å². The summed E-state index contributed by atoms with van der Waals surface area (Å²) in [5, 5.41) is 3.61. The fourth-order valence-electron chi connectivity index (χ4n) is 3.69. The Morgan fingerprint density at radius 1 is 0.941 bits per heavy atom. The molecular formula is C28H30ClFN2O2. The maximum Gasteiger partial charge on any atom is 0.243 e. The van der Waals surface area contributed by atoms with Crippen LogP contribution < -0.4 is 5.32 Å². The van der Waals surface area contributed by atoms with E-state index in [4.69, 9.17) is 11.6 Å². The van der Waals surface area contributed by atoms with Crippen LogP contribution in [0, 0.1) is 5.82 Å². The lowest BCUT2D eigenvalue weighted by Gasteiger charge is -2.32. The van der Waals surface area contributed by atoms with E-state index in [2.05, 4.69) is 5.32 Å². The highest BCUT2D eigenvalue weighted by atomic mass is 35.5. The van der Waals surface area contributed by atoms with E-state index in [9.17, 15) is 14.0 Å². The number of nitrogens with one attached hydrogen (secondary N) is 1. The van der Waals surface area contributed by atoms with Gasteiger partial charge < -0.3 is 10.2 Å². The second kappa shape index (κ2) is 12.3. The van der Waals surface area contributed by atoms with Crippen LogP contribution in [0.15, 0.2) is 78.9 Å². The van der Waals surface area contributed by atoms with Gasteiger partial charge in [0, 0.05) is 24.0 Å². The average molecular weight is 481 g/mol. The number of hydrogen-bond donors (Lipinski definition) is 1. The fourth-order valence-corrected chi connectivity index (χ4v) is 3.81. The van der Waals surface area contributed by atoms with E-state index in [-0.39, 0.29) is 30.8 Å². The number of hydrogen-bond acceptors (Lipinski definition) is 2. The van der Waals surface area contributed by atoms with Gasteiger partial charge in [-0.15, -0.1) is 0 Å². The Hall–Kier alpha value is -3.18. The molecule has 0 aromatic heterocycles. The smallest absolute Gasteiger partial charge is 0.243 e. The molecule has 4 nitrogen and oxygen atoms in total. The quantitative estimate of drug-likeness (QED) is 0.412. The molecule has 34 heavy (non-hydrogen) atoms. The van der Waals surface area contributed by atoms with Gasteiger partial charge in [0.05, 0.1) is 6.42 Å². The summed E-state index contributed by atoms with van der Waals surface area (Å²) in [7, 11) is 0. The van der Waals surface area contributed by atoms with Crippen LogP contribution in [0.3, 0.4) is 0 Å². The zero-order valence-corrected chi connectivity index (χ0v) is 20.3. The minimum Gasteiger partial charge on any atom is -0.352 e. The van der Waals surface area contributed by atoms with Crippen LogP contribution in [0.25, 0.3) is 0 Å². The second-order valence-corrected chi connectivity index (χ2v) is 8.88. The average Bonchev–Trinajstić information content (AvgIpc) is 2.84. The molecule has 0 saturated heterocycles. The first-order chi connectivity index (χ1) is 16.4. The number of benzene rings is 3. The first-order valence-corrected chi connectivity index (χ1v) is 11.9. The number of nitrogens with zero attached hydrogens (tertiary/aromatic N) is 1. The molecule has 6 heteroatoms. The van der Waals surface area contributed by atoms with Gasteiger partial charge in [0.15, 0.2) is 0 Å². The van der Waals surface area contributed by atoms with E-state index in [1.807, 2.05) is 56.3 Å². The van der Waals surface area contributed by atoms with Crippen molar-refractivity contribution in [2.45, 2.75) is 51.7 Å². The Bertz CT molecular complexity index is 1090. The van der Waals surface area contributed by atoms with Crippen LogP contribution in [0.5, 0.6) is 0 Å². The summed E-state index contributed by atoms with van der Waals surface area (Å²) in [6.45, 7) is 4.13. The molecule has 2 atom stereocenters. The first kappa shape index (κ1) is 25.4. The van der Waals surface area contributed by atoms with Crippen LogP contribution in [0.2, 0.25) is 5.02 Å². The van der Waals surface area contributed by atoms with Crippen LogP contribution in [0.1, 0.15) is 37.0 Å². The topological polar surface area (TPSA) is 49.4 Å². The number of halogens is 2. The summed E-state index contributed by atoms with van der Waals surface area (Å²) in [6, 6.07) is 22.2. The molecule has 0 aliphatic carbocycles. The Labute approximate surface area is 205 Å². The van der Waals surface area contributed by atoms with E-state index in [1.54, 1.807) is 35.2 Å². The summed E-state index contributed by atoms with van der Waals surface area (Å²) in [4.78, 5) is 28.6. The summed E-state index contributed by atoms with van der Waals surface area (Å²) < 4.78 is 14.3.